The average molecular weight is 343 g/mol. The number of anilines is 1. The zero-order chi connectivity index (χ0) is 17.1. The number of carbonyl (C=O) groups excluding carboxylic acids is 2. The van der Waals surface area contributed by atoms with Crippen LogP contribution in [0.2, 0.25) is 5.02 Å². The van der Waals surface area contributed by atoms with Crippen molar-refractivity contribution in [3.8, 4) is 0 Å². The van der Waals surface area contributed by atoms with Crippen LogP contribution in [-0.4, -0.2) is 17.9 Å². The second-order valence-electron chi connectivity index (χ2n) is 5.81. The number of carbonyl (C=O) groups is 2. The van der Waals surface area contributed by atoms with Crippen molar-refractivity contribution < 1.29 is 9.59 Å². The molecule has 1 heterocycles. The fraction of sp³-hybridized carbons (Fsp3) is 0.263. The van der Waals surface area contributed by atoms with Crippen molar-refractivity contribution in [1.82, 2.24) is 5.32 Å². The molecule has 1 aliphatic heterocycles. The molecule has 1 atom stereocenters. The number of para-hydroxylation sites is 1. The Hall–Kier alpha value is -2.33. The van der Waals surface area contributed by atoms with Crippen LogP contribution in [0.5, 0.6) is 0 Å². The highest BCUT2D eigenvalue weighted by atomic mass is 35.5. The fourth-order valence-electron chi connectivity index (χ4n) is 2.98. The van der Waals surface area contributed by atoms with Gasteiger partial charge in [-0.1, -0.05) is 48.9 Å². The first-order valence-corrected chi connectivity index (χ1v) is 8.40. The summed E-state index contributed by atoms with van der Waals surface area (Å²) in [5.41, 5.74) is 2.85. The van der Waals surface area contributed by atoms with Crippen LogP contribution in [0.25, 0.3) is 0 Å². The summed E-state index contributed by atoms with van der Waals surface area (Å²) in [4.78, 5) is 26.6. The van der Waals surface area contributed by atoms with Crippen LogP contribution in [0, 0.1) is 0 Å². The van der Waals surface area contributed by atoms with Gasteiger partial charge in [-0.05, 0) is 29.3 Å². The lowest BCUT2D eigenvalue weighted by Gasteiger charge is -2.24. The number of nitrogens with one attached hydrogen (secondary N) is 1. The quantitative estimate of drug-likeness (QED) is 0.926. The fourth-order valence-corrected chi connectivity index (χ4v) is 3.11. The summed E-state index contributed by atoms with van der Waals surface area (Å²) < 4.78 is 0. The first-order valence-electron chi connectivity index (χ1n) is 8.02. The Morgan fingerprint density at radius 3 is 2.58 bits per heavy atom. The van der Waals surface area contributed by atoms with Crippen molar-refractivity contribution in [3.05, 3.63) is 64.7 Å². The summed E-state index contributed by atoms with van der Waals surface area (Å²) in [7, 11) is 0. The Kier molecular flexibility index (Phi) is 4.86. The van der Waals surface area contributed by atoms with Crippen molar-refractivity contribution in [2.45, 2.75) is 32.4 Å². The van der Waals surface area contributed by atoms with Crippen LogP contribution in [0.3, 0.4) is 0 Å². The van der Waals surface area contributed by atoms with E-state index in [9.17, 15) is 9.59 Å². The second kappa shape index (κ2) is 7.05. The summed E-state index contributed by atoms with van der Waals surface area (Å²) in [6.45, 7) is 2.23. The maximum atomic E-state index is 12.7. The third-order valence-corrected chi connectivity index (χ3v) is 4.48. The third kappa shape index (κ3) is 3.29. The van der Waals surface area contributed by atoms with Crippen LogP contribution in [0.1, 0.15) is 24.5 Å². The molecule has 2 aromatic rings. The molecule has 5 heteroatoms. The van der Waals surface area contributed by atoms with Gasteiger partial charge in [0.05, 0.1) is 0 Å². The lowest BCUT2D eigenvalue weighted by atomic mass is 10.1. The van der Waals surface area contributed by atoms with Gasteiger partial charge in [-0.25, -0.2) is 0 Å². The predicted molar refractivity (Wildman–Crippen MR) is 95.0 cm³/mol. The van der Waals surface area contributed by atoms with Crippen LogP contribution in [0.4, 0.5) is 5.69 Å². The van der Waals surface area contributed by atoms with Gasteiger partial charge in [-0.2, -0.15) is 0 Å². The number of rotatable bonds is 4. The zero-order valence-corrected chi connectivity index (χ0v) is 14.2. The smallest absolute Gasteiger partial charge is 0.243 e. The first-order chi connectivity index (χ1) is 11.6. The lowest BCUT2D eigenvalue weighted by Crippen LogP contribution is -2.47. The molecule has 0 aromatic heterocycles. The van der Waals surface area contributed by atoms with Gasteiger partial charge < -0.3 is 5.32 Å². The molecule has 0 fully saturated rings. The highest BCUT2D eigenvalue weighted by Gasteiger charge is 2.37. The minimum atomic E-state index is -0.484. The van der Waals surface area contributed by atoms with Crippen molar-refractivity contribution in [1.29, 1.82) is 0 Å². The normalized spacial score (nSPS) is 15.9. The highest BCUT2D eigenvalue weighted by molar-refractivity contribution is 6.30. The Balaban J connectivity index is 1.74. The number of amides is 2. The first kappa shape index (κ1) is 16.5. The summed E-state index contributed by atoms with van der Waals surface area (Å²) in [5.74, 6) is -0.172. The van der Waals surface area contributed by atoms with Crippen LogP contribution >= 0.6 is 11.6 Å². The summed E-state index contributed by atoms with van der Waals surface area (Å²) in [6.07, 6.45) is 0.920. The zero-order valence-electron chi connectivity index (χ0n) is 13.5. The Labute approximate surface area is 146 Å². The van der Waals surface area contributed by atoms with Crippen molar-refractivity contribution in [3.63, 3.8) is 0 Å². The standard InChI is InChI=1S/C19H19ClN2O2/c1-2-18(23)22-16-6-4-3-5-14(16)11-17(22)19(24)21-12-13-7-9-15(20)10-8-13/h3-10,17H,2,11-12H2,1H3,(H,21,24). The van der Waals surface area contributed by atoms with Crippen LogP contribution in [0.15, 0.2) is 48.5 Å². The van der Waals surface area contributed by atoms with Gasteiger partial charge in [-0.15, -0.1) is 0 Å². The number of hydrogen-bond donors (Lipinski definition) is 1. The molecule has 0 radical (unpaired) electrons. The van der Waals surface area contributed by atoms with Crippen molar-refractivity contribution >= 4 is 29.1 Å². The molecular formula is C19H19ClN2O2. The highest BCUT2D eigenvalue weighted by Crippen LogP contribution is 2.32. The lowest BCUT2D eigenvalue weighted by molar-refractivity contribution is -0.126. The maximum absolute atomic E-state index is 12.7. The third-order valence-electron chi connectivity index (χ3n) is 4.23. The largest absolute Gasteiger partial charge is 0.350 e. The molecule has 1 unspecified atom stereocenters. The molecule has 0 spiro atoms. The number of hydrogen-bond acceptors (Lipinski definition) is 2. The number of nitrogens with zero attached hydrogens (tertiary/aromatic N) is 1. The summed E-state index contributed by atoms with van der Waals surface area (Å²) in [5, 5.41) is 3.59. The van der Waals surface area contributed by atoms with Crippen molar-refractivity contribution in [2.75, 3.05) is 4.90 Å². The van der Waals surface area contributed by atoms with E-state index >= 15 is 0 Å². The molecule has 1 aliphatic rings. The van der Waals surface area contributed by atoms with Gasteiger partial charge in [0.15, 0.2) is 0 Å². The Bertz CT molecular complexity index is 758. The van der Waals surface area contributed by atoms with E-state index in [1.165, 1.54) is 0 Å². The van der Waals surface area contributed by atoms with E-state index in [-0.39, 0.29) is 11.8 Å². The van der Waals surface area contributed by atoms with E-state index in [2.05, 4.69) is 5.32 Å². The minimum Gasteiger partial charge on any atom is -0.350 e. The Morgan fingerprint density at radius 1 is 1.17 bits per heavy atom. The van der Waals surface area contributed by atoms with E-state index in [1.54, 1.807) is 17.0 Å². The average Bonchev–Trinajstić information content (AvgIpc) is 3.00. The number of benzene rings is 2. The molecule has 2 amide bonds. The minimum absolute atomic E-state index is 0.0356. The molecular weight excluding hydrogens is 324 g/mol. The maximum Gasteiger partial charge on any atom is 0.243 e. The van der Waals surface area contributed by atoms with Gasteiger partial charge in [0.25, 0.3) is 0 Å². The van der Waals surface area contributed by atoms with Crippen molar-refractivity contribution in [2.24, 2.45) is 0 Å². The molecule has 124 valence electrons. The van der Waals surface area contributed by atoms with Crippen LogP contribution < -0.4 is 10.2 Å². The van der Waals surface area contributed by atoms with E-state index in [4.69, 9.17) is 11.6 Å². The topological polar surface area (TPSA) is 49.4 Å². The number of fused-ring (bicyclic) bond motifs is 1. The SMILES string of the molecule is CCC(=O)N1c2ccccc2CC1C(=O)NCc1ccc(Cl)cc1. The molecule has 0 saturated carbocycles. The van der Waals surface area contributed by atoms with Gasteiger partial charge in [-0.3, -0.25) is 14.5 Å². The molecule has 0 aliphatic carbocycles. The van der Waals surface area contributed by atoms with E-state index in [0.717, 1.165) is 16.8 Å². The summed E-state index contributed by atoms with van der Waals surface area (Å²) in [6, 6.07) is 14.5. The molecule has 24 heavy (non-hydrogen) atoms. The molecule has 3 rings (SSSR count). The molecule has 0 bridgehead atoms. The van der Waals surface area contributed by atoms with Gasteiger partial charge in [0.1, 0.15) is 6.04 Å². The van der Waals surface area contributed by atoms with Crippen LogP contribution in [-0.2, 0) is 22.6 Å². The van der Waals surface area contributed by atoms with E-state index in [0.29, 0.717) is 24.4 Å². The number of halogens is 1. The van der Waals surface area contributed by atoms with Gasteiger partial charge in [0, 0.05) is 30.1 Å². The monoisotopic (exact) mass is 342 g/mol. The van der Waals surface area contributed by atoms with E-state index in [1.807, 2.05) is 43.3 Å². The Morgan fingerprint density at radius 2 is 1.88 bits per heavy atom. The molecule has 1 N–H and O–H groups in total. The van der Waals surface area contributed by atoms with E-state index < -0.39 is 6.04 Å². The predicted octanol–water partition coefficient (Wildman–Crippen LogP) is 3.32. The summed E-state index contributed by atoms with van der Waals surface area (Å²) >= 11 is 5.87. The molecule has 4 nitrogen and oxygen atoms in total. The molecule has 0 saturated heterocycles. The van der Waals surface area contributed by atoms with Gasteiger partial charge >= 0.3 is 0 Å². The molecule has 2 aromatic carbocycles. The second-order valence-corrected chi connectivity index (χ2v) is 6.25. The van der Waals surface area contributed by atoms with Gasteiger partial charge in [0.2, 0.25) is 11.8 Å².